The number of rotatable bonds is 6. The molecule has 23 heavy (non-hydrogen) atoms. The molecule has 1 aromatic carbocycles. The van der Waals surface area contributed by atoms with Crippen LogP contribution in [0.2, 0.25) is 0 Å². The van der Waals surface area contributed by atoms with Crippen molar-refractivity contribution < 1.29 is 33.0 Å². The Balaban J connectivity index is 1.89. The number of carbonyl (C=O) groups excluding carboxylic acids is 1. The van der Waals surface area contributed by atoms with E-state index in [1.807, 2.05) is 0 Å². The van der Waals surface area contributed by atoms with Gasteiger partial charge in [-0.25, -0.2) is 0 Å². The lowest BCUT2D eigenvalue weighted by atomic mass is 10.1. The van der Waals surface area contributed by atoms with Crippen molar-refractivity contribution in [1.29, 1.82) is 0 Å². The minimum Gasteiger partial charge on any atom is -0.481 e. The molecule has 1 saturated heterocycles. The second-order valence-corrected chi connectivity index (χ2v) is 5.13. The van der Waals surface area contributed by atoms with Gasteiger partial charge in [-0.3, -0.25) is 9.59 Å². The number of benzene rings is 1. The third-order valence-electron chi connectivity index (χ3n) is 3.40. The van der Waals surface area contributed by atoms with Crippen LogP contribution in [0.1, 0.15) is 12.0 Å². The normalized spacial score (nSPS) is 18.0. The Morgan fingerprint density at radius 1 is 1.35 bits per heavy atom. The van der Waals surface area contributed by atoms with Crippen molar-refractivity contribution in [3.05, 3.63) is 29.8 Å². The Labute approximate surface area is 131 Å². The molecular formula is C15H17F2NO5. The lowest BCUT2D eigenvalue weighted by molar-refractivity contribution is -0.147. The van der Waals surface area contributed by atoms with Crippen molar-refractivity contribution in [2.75, 3.05) is 19.7 Å². The van der Waals surface area contributed by atoms with E-state index in [-0.39, 0.29) is 31.0 Å². The van der Waals surface area contributed by atoms with E-state index in [4.69, 9.17) is 9.84 Å². The van der Waals surface area contributed by atoms with Crippen LogP contribution in [0.3, 0.4) is 0 Å². The molecule has 1 unspecified atom stereocenters. The van der Waals surface area contributed by atoms with Gasteiger partial charge in [-0.2, -0.15) is 8.78 Å². The first-order valence-electron chi connectivity index (χ1n) is 7.09. The number of alkyl halides is 2. The summed E-state index contributed by atoms with van der Waals surface area (Å²) in [5.74, 6) is -1.10. The van der Waals surface area contributed by atoms with E-state index in [1.165, 1.54) is 12.1 Å². The SMILES string of the molecule is O=C(O)CC1CN(C(=O)Cc2ccc(OC(F)F)cc2)CCO1. The van der Waals surface area contributed by atoms with Crippen molar-refractivity contribution >= 4 is 11.9 Å². The molecular weight excluding hydrogens is 312 g/mol. The Hall–Kier alpha value is -2.22. The maximum Gasteiger partial charge on any atom is 0.387 e. The van der Waals surface area contributed by atoms with Crippen molar-refractivity contribution in [3.8, 4) is 5.75 Å². The maximum absolute atomic E-state index is 12.2. The van der Waals surface area contributed by atoms with Gasteiger partial charge < -0.3 is 19.5 Å². The number of ether oxygens (including phenoxy) is 2. The number of carboxylic acid groups (broad SMARTS) is 1. The smallest absolute Gasteiger partial charge is 0.387 e. The topological polar surface area (TPSA) is 76.1 Å². The number of aliphatic carboxylic acids is 1. The first kappa shape index (κ1) is 17.1. The zero-order chi connectivity index (χ0) is 16.8. The van der Waals surface area contributed by atoms with Gasteiger partial charge in [0.15, 0.2) is 0 Å². The second kappa shape index (κ2) is 7.87. The number of hydrogen-bond donors (Lipinski definition) is 1. The van der Waals surface area contributed by atoms with Crippen LogP contribution in [0, 0.1) is 0 Å². The number of nitrogens with zero attached hydrogens (tertiary/aromatic N) is 1. The number of carboxylic acids is 1. The number of carbonyl (C=O) groups is 2. The van der Waals surface area contributed by atoms with Gasteiger partial charge in [0.05, 0.1) is 25.6 Å². The Morgan fingerprint density at radius 2 is 2.04 bits per heavy atom. The summed E-state index contributed by atoms with van der Waals surface area (Å²) in [4.78, 5) is 24.5. The van der Waals surface area contributed by atoms with Crippen LogP contribution in [-0.2, 0) is 20.7 Å². The van der Waals surface area contributed by atoms with E-state index in [0.29, 0.717) is 18.7 Å². The molecule has 1 aromatic rings. The van der Waals surface area contributed by atoms with Crippen LogP contribution in [0.25, 0.3) is 0 Å². The van der Waals surface area contributed by atoms with Gasteiger partial charge in [0.2, 0.25) is 5.91 Å². The number of amides is 1. The fourth-order valence-electron chi connectivity index (χ4n) is 2.34. The molecule has 2 rings (SSSR count). The summed E-state index contributed by atoms with van der Waals surface area (Å²) in [5.41, 5.74) is 0.665. The molecule has 1 heterocycles. The summed E-state index contributed by atoms with van der Waals surface area (Å²) >= 11 is 0. The second-order valence-electron chi connectivity index (χ2n) is 5.13. The lowest BCUT2D eigenvalue weighted by Gasteiger charge is -2.32. The first-order valence-corrected chi connectivity index (χ1v) is 7.09. The van der Waals surface area contributed by atoms with Gasteiger partial charge >= 0.3 is 12.6 Å². The first-order chi connectivity index (χ1) is 10.9. The molecule has 0 aliphatic carbocycles. The fraction of sp³-hybridized carbons (Fsp3) is 0.467. The molecule has 1 amide bonds. The maximum atomic E-state index is 12.2. The van der Waals surface area contributed by atoms with E-state index < -0.39 is 18.7 Å². The number of morpholine rings is 1. The highest BCUT2D eigenvalue weighted by molar-refractivity contribution is 5.79. The van der Waals surface area contributed by atoms with E-state index in [0.717, 1.165) is 0 Å². The Bertz CT molecular complexity index is 549. The molecule has 1 aliphatic rings. The van der Waals surface area contributed by atoms with E-state index in [1.54, 1.807) is 17.0 Å². The highest BCUT2D eigenvalue weighted by Crippen LogP contribution is 2.16. The van der Waals surface area contributed by atoms with E-state index in [9.17, 15) is 18.4 Å². The predicted octanol–water partition coefficient (Wildman–Crippen LogP) is 1.53. The number of halogens is 2. The molecule has 1 fully saturated rings. The standard InChI is InChI=1S/C15H17F2NO5/c16-15(17)23-11-3-1-10(2-4-11)7-13(19)18-5-6-22-12(9-18)8-14(20)21/h1-4,12,15H,5-9H2,(H,20,21). The molecule has 0 bridgehead atoms. The van der Waals surface area contributed by atoms with Gasteiger partial charge in [-0.15, -0.1) is 0 Å². The molecule has 126 valence electrons. The minimum absolute atomic E-state index is 0.0316. The quantitative estimate of drug-likeness (QED) is 0.857. The van der Waals surface area contributed by atoms with Crippen LogP contribution in [0.15, 0.2) is 24.3 Å². The summed E-state index contributed by atoms with van der Waals surface area (Å²) in [5, 5.41) is 8.77. The monoisotopic (exact) mass is 329 g/mol. The van der Waals surface area contributed by atoms with Gasteiger partial charge in [0.25, 0.3) is 0 Å². The minimum atomic E-state index is -2.89. The molecule has 1 aliphatic heterocycles. The summed E-state index contributed by atoms with van der Waals surface area (Å²) < 4.78 is 33.7. The fourth-order valence-corrected chi connectivity index (χ4v) is 2.34. The molecule has 1 N–H and O–H groups in total. The molecule has 1 atom stereocenters. The summed E-state index contributed by atoms with van der Waals surface area (Å²) in [6, 6.07) is 5.85. The van der Waals surface area contributed by atoms with Crippen molar-refractivity contribution in [2.24, 2.45) is 0 Å². The highest BCUT2D eigenvalue weighted by Gasteiger charge is 2.25. The molecule has 0 saturated carbocycles. The zero-order valence-corrected chi connectivity index (χ0v) is 12.3. The molecule has 6 nitrogen and oxygen atoms in total. The van der Waals surface area contributed by atoms with Crippen LogP contribution in [0.5, 0.6) is 5.75 Å². The predicted molar refractivity (Wildman–Crippen MR) is 75.4 cm³/mol. The van der Waals surface area contributed by atoms with Gasteiger partial charge in [0, 0.05) is 13.1 Å². The van der Waals surface area contributed by atoms with Crippen LogP contribution >= 0.6 is 0 Å². The van der Waals surface area contributed by atoms with Gasteiger partial charge in [0.1, 0.15) is 5.75 Å². The summed E-state index contributed by atoms with van der Waals surface area (Å²) in [6.45, 7) is -1.95. The average molecular weight is 329 g/mol. The lowest BCUT2D eigenvalue weighted by Crippen LogP contribution is -2.46. The third kappa shape index (κ3) is 5.48. The van der Waals surface area contributed by atoms with Crippen molar-refractivity contribution in [1.82, 2.24) is 4.90 Å². The molecule has 0 radical (unpaired) electrons. The third-order valence-corrected chi connectivity index (χ3v) is 3.40. The summed E-state index contributed by atoms with van der Waals surface area (Å²) in [7, 11) is 0. The van der Waals surface area contributed by atoms with Gasteiger partial charge in [-0.05, 0) is 17.7 Å². The largest absolute Gasteiger partial charge is 0.481 e. The van der Waals surface area contributed by atoms with E-state index >= 15 is 0 Å². The van der Waals surface area contributed by atoms with Crippen molar-refractivity contribution in [2.45, 2.75) is 25.6 Å². The Morgan fingerprint density at radius 3 is 2.65 bits per heavy atom. The average Bonchev–Trinajstić information content (AvgIpc) is 2.48. The van der Waals surface area contributed by atoms with Crippen molar-refractivity contribution in [3.63, 3.8) is 0 Å². The summed E-state index contributed by atoms with van der Waals surface area (Å²) in [6.07, 6.45) is -0.551. The molecule has 0 spiro atoms. The molecule has 8 heteroatoms. The van der Waals surface area contributed by atoms with Gasteiger partial charge in [-0.1, -0.05) is 12.1 Å². The van der Waals surface area contributed by atoms with Crippen LogP contribution < -0.4 is 4.74 Å². The Kier molecular flexibility index (Phi) is 5.86. The van der Waals surface area contributed by atoms with E-state index in [2.05, 4.69) is 4.74 Å². The van der Waals surface area contributed by atoms with Crippen LogP contribution in [0.4, 0.5) is 8.78 Å². The zero-order valence-electron chi connectivity index (χ0n) is 12.3. The number of hydrogen-bond acceptors (Lipinski definition) is 4. The highest BCUT2D eigenvalue weighted by atomic mass is 19.3. The molecule has 0 aromatic heterocycles. The van der Waals surface area contributed by atoms with Crippen LogP contribution in [-0.4, -0.2) is 54.3 Å².